The van der Waals surface area contributed by atoms with Gasteiger partial charge >= 0.3 is 7.12 Å². The van der Waals surface area contributed by atoms with E-state index in [4.69, 9.17) is 9.31 Å². The number of hydrogen-bond donors (Lipinski definition) is 0. The van der Waals surface area contributed by atoms with Crippen LogP contribution in [0.15, 0.2) is 65.6 Å². The van der Waals surface area contributed by atoms with E-state index in [0.29, 0.717) is 0 Å². The van der Waals surface area contributed by atoms with E-state index >= 15 is 0 Å². The molecule has 0 bridgehead atoms. The highest BCUT2D eigenvalue weighted by Crippen LogP contribution is 2.37. The Hall–Kier alpha value is -2.44. The molecule has 144 valence electrons. The van der Waals surface area contributed by atoms with Crippen LogP contribution in [-0.2, 0) is 9.31 Å². The number of aliphatic imine (C=N–C) groups is 1. The predicted octanol–water partition coefficient (Wildman–Crippen LogP) is 4.22. The summed E-state index contributed by atoms with van der Waals surface area (Å²) in [6.45, 7) is 8.27. The third kappa shape index (κ3) is 3.50. The summed E-state index contributed by atoms with van der Waals surface area (Å²) < 4.78 is 12.3. The summed E-state index contributed by atoms with van der Waals surface area (Å²) in [5, 5.41) is 0. The van der Waals surface area contributed by atoms with Gasteiger partial charge in [0.15, 0.2) is 0 Å². The van der Waals surface area contributed by atoms with Gasteiger partial charge in [-0.1, -0.05) is 18.2 Å². The van der Waals surface area contributed by atoms with Gasteiger partial charge in [0.1, 0.15) is 11.6 Å². The second kappa shape index (κ2) is 7.19. The summed E-state index contributed by atoms with van der Waals surface area (Å²) in [5.74, 6) is 1.74. The molecule has 0 aliphatic carbocycles. The summed E-state index contributed by atoms with van der Waals surface area (Å²) in [4.78, 5) is 11.2. The average Bonchev–Trinajstić information content (AvgIpc) is 2.92. The number of anilines is 2. The van der Waals surface area contributed by atoms with E-state index in [9.17, 15) is 0 Å². The summed E-state index contributed by atoms with van der Waals surface area (Å²) in [7, 11) is -0.366. The maximum Gasteiger partial charge on any atom is 0.494 e. The van der Waals surface area contributed by atoms with Gasteiger partial charge in [0.2, 0.25) is 0 Å². The molecule has 2 aromatic rings. The summed E-state index contributed by atoms with van der Waals surface area (Å²) in [6.07, 6.45) is 7.86. The zero-order chi connectivity index (χ0) is 19.8. The van der Waals surface area contributed by atoms with Gasteiger partial charge in [-0.05, 0) is 76.3 Å². The lowest BCUT2D eigenvalue weighted by atomic mass is 9.79. The Kier molecular flexibility index (Phi) is 4.85. The number of pyridine rings is 1. The fourth-order valence-electron chi connectivity index (χ4n) is 3.27. The van der Waals surface area contributed by atoms with Crippen LogP contribution in [-0.4, -0.2) is 29.5 Å². The van der Waals surface area contributed by atoms with Gasteiger partial charge in [-0.3, -0.25) is 4.90 Å². The van der Waals surface area contributed by atoms with E-state index < -0.39 is 0 Å². The molecule has 1 aromatic heterocycles. The first-order chi connectivity index (χ1) is 13.4. The van der Waals surface area contributed by atoms with Crippen LogP contribution in [0.1, 0.15) is 40.5 Å². The molecule has 0 N–H and O–H groups in total. The lowest BCUT2D eigenvalue weighted by Crippen LogP contribution is -2.41. The number of allylic oxidation sites excluding steroid dienone is 1. The van der Waals surface area contributed by atoms with E-state index in [0.717, 1.165) is 35.6 Å². The second-order valence-electron chi connectivity index (χ2n) is 8.15. The molecule has 0 unspecified atom stereocenters. The van der Waals surface area contributed by atoms with Crippen molar-refractivity contribution >= 4 is 30.3 Å². The maximum atomic E-state index is 6.17. The number of rotatable bonds is 4. The van der Waals surface area contributed by atoms with Gasteiger partial charge in [0.05, 0.1) is 11.2 Å². The Morgan fingerprint density at radius 3 is 2.21 bits per heavy atom. The van der Waals surface area contributed by atoms with E-state index in [-0.39, 0.29) is 18.3 Å². The first kappa shape index (κ1) is 18.9. The maximum absolute atomic E-state index is 6.17. The molecule has 1 saturated heterocycles. The third-order valence-electron chi connectivity index (χ3n) is 5.63. The average molecular weight is 375 g/mol. The minimum atomic E-state index is -0.366. The molecule has 0 atom stereocenters. The minimum Gasteiger partial charge on any atom is -0.399 e. The van der Waals surface area contributed by atoms with Gasteiger partial charge < -0.3 is 9.31 Å². The fourth-order valence-corrected chi connectivity index (χ4v) is 3.27. The van der Waals surface area contributed by atoms with Crippen molar-refractivity contribution in [2.45, 2.75) is 51.7 Å². The standard InChI is InChI=1S/C22H26BN3O2/c1-21(2)22(3,4)28-23(27-21)17-11-13-18(14-12-17)26(19-9-5-7-15-24-19)20-10-6-8-16-25-20/h5,7,9-16H,6,8H2,1-4H3. The molecule has 0 saturated carbocycles. The highest BCUT2D eigenvalue weighted by Gasteiger charge is 2.51. The number of aromatic nitrogens is 1. The molecular weight excluding hydrogens is 349 g/mol. The van der Waals surface area contributed by atoms with Crippen LogP contribution >= 0.6 is 0 Å². The van der Waals surface area contributed by atoms with E-state index in [1.165, 1.54) is 0 Å². The molecule has 5 nitrogen and oxygen atoms in total. The van der Waals surface area contributed by atoms with Crippen LogP contribution < -0.4 is 10.4 Å². The van der Waals surface area contributed by atoms with Crippen molar-refractivity contribution in [3.05, 3.63) is 60.6 Å². The molecule has 0 spiro atoms. The molecule has 1 aromatic carbocycles. The molecule has 4 rings (SSSR count). The molecular formula is C22H26BN3O2. The molecule has 28 heavy (non-hydrogen) atoms. The van der Waals surface area contributed by atoms with Crippen molar-refractivity contribution in [2.24, 2.45) is 4.99 Å². The van der Waals surface area contributed by atoms with Crippen molar-refractivity contribution in [1.29, 1.82) is 0 Å². The van der Waals surface area contributed by atoms with Gasteiger partial charge in [0.25, 0.3) is 0 Å². The lowest BCUT2D eigenvalue weighted by Gasteiger charge is -2.32. The van der Waals surface area contributed by atoms with Crippen LogP contribution in [0.4, 0.5) is 11.5 Å². The van der Waals surface area contributed by atoms with E-state index in [1.54, 1.807) is 6.20 Å². The molecule has 0 amide bonds. The topological polar surface area (TPSA) is 47.0 Å². The molecule has 2 aliphatic rings. The van der Waals surface area contributed by atoms with Crippen LogP contribution in [0.5, 0.6) is 0 Å². The van der Waals surface area contributed by atoms with Gasteiger partial charge in [-0.2, -0.15) is 0 Å². The highest BCUT2D eigenvalue weighted by molar-refractivity contribution is 6.62. The highest BCUT2D eigenvalue weighted by atomic mass is 16.7. The smallest absolute Gasteiger partial charge is 0.399 e. The Labute approximate surface area is 167 Å². The van der Waals surface area contributed by atoms with Crippen molar-refractivity contribution in [2.75, 3.05) is 4.90 Å². The van der Waals surface area contributed by atoms with E-state index in [2.05, 4.69) is 72.9 Å². The Morgan fingerprint density at radius 1 is 0.929 bits per heavy atom. The molecule has 0 radical (unpaired) electrons. The molecule has 6 heteroatoms. The Morgan fingerprint density at radius 2 is 1.64 bits per heavy atom. The van der Waals surface area contributed by atoms with Crippen molar-refractivity contribution in [3.8, 4) is 0 Å². The van der Waals surface area contributed by atoms with E-state index in [1.807, 2.05) is 24.4 Å². The third-order valence-corrected chi connectivity index (χ3v) is 5.63. The summed E-state index contributed by atoms with van der Waals surface area (Å²) >= 11 is 0. The quantitative estimate of drug-likeness (QED) is 0.751. The van der Waals surface area contributed by atoms with Crippen LogP contribution in [0.25, 0.3) is 0 Å². The molecule has 2 aliphatic heterocycles. The van der Waals surface area contributed by atoms with Gasteiger partial charge in [0, 0.05) is 18.1 Å². The van der Waals surface area contributed by atoms with Crippen LogP contribution in [0.2, 0.25) is 0 Å². The van der Waals surface area contributed by atoms with Crippen LogP contribution in [0.3, 0.4) is 0 Å². The summed E-state index contributed by atoms with van der Waals surface area (Å²) in [5.41, 5.74) is 1.31. The van der Waals surface area contributed by atoms with Gasteiger partial charge in [-0.25, -0.2) is 9.98 Å². The number of hydrogen-bond acceptors (Lipinski definition) is 5. The number of nitrogens with zero attached hydrogens (tertiary/aromatic N) is 3. The predicted molar refractivity (Wildman–Crippen MR) is 114 cm³/mol. The zero-order valence-electron chi connectivity index (χ0n) is 16.9. The lowest BCUT2D eigenvalue weighted by molar-refractivity contribution is 0.00578. The SMILES string of the molecule is CC1(C)OB(c2ccc(N(C3=CCCC=N3)c3ccccn3)cc2)OC1(C)C. The number of benzene rings is 1. The Balaban J connectivity index is 1.64. The van der Waals surface area contributed by atoms with Gasteiger partial charge in [-0.15, -0.1) is 0 Å². The first-order valence-corrected chi connectivity index (χ1v) is 9.77. The molecule has 1 fully saturated rings. The summed E-state index contributed by atoms with van der Waals surface area (Å²) in [6, 6.07) is 14.1. The zero-order valence-corrected chi connectivity index (χ0v) is 16.9. The fraction of sp³-hybridized carbons (Fsp3) is 0.364. The second-order valence-corrected chi connectivity index (χ2v) is 8.15. The normalized spacial score (nSPS) is 20.1. The molecule has 3 heterocycles. The minimum absolute atomic E-state index is 0.349. The van der Waals surface area contributed by atoms with Crippen molar-refractivity contribution < 1.29 is 9.31 Å². The van der Waals surface area contributed by atoms with Crippen LogP contribution in [0, 0.1) is 0 Å². The Bertz CT molecular complexity index is 876. The first-order valence-electron chi connectivity index (χ1n) is 9.77. The van der Waals surface area contributed by atoms with Crippen molar-refractivity contribution in [3.63, 3.8) is 0 Å². The van der Waals surface area contributed by atoms with Crippen molar-refractivity contribution in [1.82, 2.24) is 4.98 Å². The largest absolute Gasteiger partial charge is 0.494 e. The monoisotopic (exact) mass is 375 g/mol.